The van der Waals surface area contributed by atoms with Crippen molar-refractivity contribution in [3.8, 4) is 53.2 Å². The fourth-order valence-corrected chi connectivity index (χ4v) is 8.76. The Bertz CT molecular complexity index is 1960. The van der Waals surface area contributed by atoms with Gasteiger partial charge in [0.1, 0.15) is 5.52 Å². The predicted molar refractivity (Wildman–Crippen MR) is 185 cm³/mol. The molecule has 212 valence electrons. The van der Waals surface area contributed by atoms with E-state index in [0.29, 0.717) is 5.89 Å². The van der Waals surface area contributed by atoms with Crippen molar-refractivity contribution in [2.45, 2.75) is 41.5 Å². The van der Waals surface area contributed by atoms with Gasteiger partial charge in [0.25, 0.3) is 0 Å². The lowest BCUT2D eigenvalue weighted by atomic mass is 9.98. The van der Waals surface area contributed by atoms with Gasteiger partial charge < -0.3 is 4.42 Å². The Balaban J connectivity index is 1.37. The fraction of sp³-hybridized carbons (Fsp3) is 0.154. The summed E-state index contributed by atoms with van der Waals surface area (Å²) in [5.41, 5.74) is 15.6. The van der Waals surface area contributed by atoms with E-state index in [1.807, 2.05) is 46.9 Å². The lowest BCUT2D eigenvalue weighted by Crippen LogP contribution is -1.87. The maximum Gasteiger partial charge on any atom is 0.227 e. The van der Waals surface area contributed by atoms with Gasteiger partial charge in [-0.15, -0.1) is 22.7 Å². The van der Waals surface area contributed by atoms with Crippen LogP contribution >= 0.6 is 22.7 Å². The molecule has 0 N–H and O–H groups in total. The van der Waals surface area contributed by atoms with Crippen LogP contribution in [0.3, 0.4) is 0 Å². The molecule has 3 aromatic heterocycles. The maximum atomic E-state index is 6.27. The highest BCUT2D eigenvalue weighted by atomic mass is 32.1. The third kappa shape index (κ3) is 5.15. The third-order valence-electron chi connectivity index (χ3n) is 8.10. The molecular weight excluding hydrogens is 563 g/mol. The van der Waals surface area contributed by atoms with Crippen LogP contribution in [0, 0.1) is 41.5 Å². The maximum absolute atomic E-state index is 6.27. The van der Waals surface area contributed by atoms with E-state index >= 15 is 0 Å². The first kappa shape index (κ1) is 27.6. The molecule has 0 spiro atoms. The molecule has 0 aliphatic rings. The molecule has 0 bridgehead atoms. The second-order valence-electron chi connectivity index (χ2n) is 11.7. The number of rotatable bonds is 5. The molecule has 0 aliphatic heterocycles. The number of fused-ring (bicyclic) bond motifs is 1. The Morgan fingerprint density at radius 2 is 0.930 bits per heavy atom. The number of aryl methyl sites for hydroxylation is 6. The molecule has 7 aromatic rings. The minimum Gasteiger partial charge on any atom is -0.436 e. The fourth-order valence-electron chi connectivity index (χ4n) is 6.42. The van der Waals surface area contributed by atoms with Crippen LogP contribution in [0.2, 0.25) is 0 Å². The molecule has 0 saturated heterocycles. The van der Waals surface area contributed by atoms with Crippen molar-refractivity contribution in [3.05, 3.63) is 124 Å². The number of thiophene rings is 2. The highest BCUT2D eigenvalue weighted by Gasteiger charge is 2.17. The van der Waals surface area contributed by atoms with Gasteiger partial charge in [-0.3, -0.25) is 0 Å². The van der Waals surface area contributed by atoms with E-state index in [2.05, 4.69) is 108 Å². The van der Waals surface area contributed by atoms with Crippen molar-refractivity contribution < 1.29 is 4.42 Å². The van der Waals surface area contributed by atoms with Gasteiger partial charge in [0.15, 0.2) is 5.58 Å². The van der Waals surface area contributed by atoms with E-state index < -0.39 is 0 Å². The molecule has 0 unspecified atom stereocenters. The zero-order chi connectivity index (χ0) is 29.8. The van der Waals surface area contributed by atoms with Gasteiger partial charge in [0, 0.05) is 25.1 Å². The zero-order valence-corrected chi connectivity index (χ0v) is 27.0. The molecule has 0 radical (unpaired) electrons. The molecule has 4 heteroatoms. The summed E-state index contributed by atoms with van der Waals surface area (Å²) in [7, 11) is 0. The van der Waals surface area contributed by atoms with Crippen molar-refractivity contribution in [1.82, 2.24) is 4.98 Å². The standard InChI is InChI=1S/C39H33NOS2/c1-22-15-24(3)37(25(4)16-22)35-13-11-33(42-35)28-19-29(21-30(20-28)39-40-31-9-7-8-10-32(31)41-39)34-12-14-36(43-34)38-26(5)17-23(2)18-27(38)6/h7-21H,1-6H3. The summed E-state index contributed by atoms with van der Waals surface area (Å²) in [5, 5.41) is 0. The number of hydrogen-bond donors (Lipinski definition) is 0. The van der Waals surface area contributed by atoms with Crippen LogP contribution in [-0.4, -0.2) is 4.98 Å². The molecule has 4 aromatic carbocycles. The third-order valence-corrected chi connectivity index (χ3v) is 10.4. The number of nitrogens with zero attached hydrogens (tertiary/aromatic N) is 1. The molecule has 0 amide bonds. The summed E-state index contributed by atoms with van der Waals surface area (Å²) in [4.78, 5) is 9.91. The molecule has 3 heterocycles. The molecule has 2 nitrogen and oxygen atoms in total. The highest BCUT2D eigenvalue weighted by Crippen LogP contribution is 2.43. The Labute approximate surface area is 261 Å². The van der Waals surface area contributed by atoms with Gasteiger partial charge >= 0.3 is 0 Å². The van der Waals surface area contributed by atoms with E-state index in [9.17, 15) is 0 Å². The first-order valence-corrected chi connectivity index (χ1v) is 16.2. The Morgan fingerprint density at radius 3 is 1.42 bits per heavy atom. The molecule has 0 fully saturated rings. The van der Waals surface area contributed by atoms with Crippen molar-refractivity contribution in [2.75, 3.05) is 0 Å². The van der Waals surface area contributed by atoms with Crippen molar-refractivity contribution in [3.63, 3.8) is 0 Å². The van der Waals surface area contributed by atoms with Crippen LogP contribution in [0.15, 0.2) is 95.4 Å². The number of hydrogen-bond acceptors (Lipinski definition) is 4. The normalized spacial score (nSPS) is 11.5. The van der Waals surface area contributed by atoms with Gasteiger partial charge in [-0.1, -0.05) is 47.5 Å². The number of oxazole rings is 1. The summed E-state index contributed by atoms with van der Waals surface area (Å²) >= 11 is 3.69. The van der Waals surface area contributed by atoms with Gasteiger partial charge in [0.2, 0.25) is 5.89 Å². The van der Waals surface area contributed by atoms with E-state index in [-0.39, 0.29) is 0 Å². The predicted octanol–water partition coefficient (Wildman–Crippen LogP) is 12.1. The average Bonchev–Trinajstić information content (AvgIpc) is 3.72. The number of benzene rings is 4. The van der Waals surface area contributed by atoms with Gasteiger partial charge in [0.05, 0.1) is 0 Å². The number of aromatic nitrogens is 1. The minimum absolute atomic E-state index is 0.647. The summed E-state index contributed by atoms with van der Waals surface area (Å²) in [6, 6.07) is 32.9. The van der Waals surface area contributed by atoms with Crippen LogP contribution in [0.25, 0.3) is 64.3 Å². The van der Waals surface area contributed by atoms with Crippen LogP contribution < -0.4 is 0 Å². The van der Waals surface area contributed by atoms with Crippen molar-refractivity contribution in [1.29, 1.82) is 0 Å². The Hall–Kier alpha value is -4.25. The number of para-hydroxylation sites is 2. The highest BCUT2D eigenvalue weighted by molar-refractivity contribution is 7.19. The summed E-state index contributed by atoms with van der Waals surface area (Å²) in [6.45, 7) is 13.2. The minimum atomic E-state index is 0.647. The molecule has 7 rings (SSSR count). The first-order chi connectivity index (χ1) is 20.7. The van der Waals surface area contributed by atoms with E-state index in [1.165, 1.54) is 75.1 Å². The summed E-state index contributed by atoms with van der Waals surface area (Å²) < 4.78 is 6.27. The van der Waals surface area contributed by atoms with E-state index in [1.54, 1.807) is 0 Å². The smallest absolute Gasteiger partial charge is 0.227 e. The Kier molecular flexibility index (Phi) is 6.92. The quantitative estimate of drug-likeness (QED) is 0.198. The van der Waals surface area contributed by atoms with Crippen molar-refractivity contribution >= 4 is 33.8 Å². The SMILES string of the molecule is Cc1cc(C)c(-c2ccc(-c3cc(-c4nc5ccccc5o4)cc(-c4ccc(-c5c(C)cc(C)cc5C)s4)c3)s2)c(C)c1. The molecule has 0 aliphatic carbocycles. The van der Waals surface area contributed by atoms with Crippen LogP contribution in [0.4, 0.5) is 0 Å². The second kappa shape index (κ2) is 10.8. The first-order valence-electron chi connectivity index (χ1n) is 14.6. The van der Waals surface area contributed by atoms with Crippen LogP contribution in [0.1, 0.15) is 33.4 Å². The molecular formula is C39H33NOS2. The van der Waals surface area contributed by atoms with Gasteiger partial charge in [-0.05, 0) is 141 Å². The van der Waals surface area contributed by atoms with E-state index in [4.69, 9.17) is 9.40 Å². The Morgan fingerprint density at radius 1 is 0.488 bits per heavy atom. The lowest BCUT2D eigenvalue weighted by molar-refractivity contribution is 0.620. The molecule has 0 saturated carbocycles. The topological polar surface area (TPSA) is 26.0 Å². The average molecular weight is 596 g/mol. The lowest BCUT2D eigenvalue weighted by Gasteiger charge is -2.10. The zero-order valence-electron chi connectivity index (χ0n) is 25.3. The molecule has 43 heavy (non-hydrogen) atoms. The summed E-state index contributed by atoms with van der Waals surface area (Å²) in [6.07, 6.45) is 0. The largest absolute Gasteiger partial charge is 0.436 e. The van der Waals surface area contributed by atoms with Gasteiger partial charge in [-0.25, -0.2) is 4.98 Å². The van der Waals surface area contributed by atoms with Crippen LogP contribution in [-0.2, 0) is 0 Å². The summed E-state index contributed by atoms with van der Waals surface area (Å²) in [5.74, 6) is 0.647. The van der Waals surface area contributed by atoms with Crippen LogP contribution in [0.5, 0.6) is 0 Å². The molecule has 0 atom stereocenters. The van der Waals surface area contributed by atoms with Gasteiger partial charge in [-0.2, -0.15) is 0 Å². The van der Waals surface area contributed by atoms with Crippen molar-refractivity contribution in [2.24, 2.45) is 0 Å². The second-order valence-corrected chi connectivity index (χ2v) is 13.8. The monoisotopic (exact) mass is 595 g/mol. The van der Waals surface area contributed by atoms with E-state index in [0.717, 1.165) is 16.7 Å².